The van der Waals surface area contributed by atoms with Crippen LogP contribution in [0.5, 0.6) is 0 Å². The molecule has 6 heteroatoms. The second-order valence-electron chi connectivity index (χ2n) is 6.87. The zero-order chi connectivity index (χ0) is 17.6. The maximum Gasteiger partial charge on any atom is 0.239 e. The minimum atomic E-state index is -0.321. The molecule has 0 spiro atoms. The first-order chi connectivity index (χ1) is 12.1. The molecule has 2 heterocycles. The van der Waals surface area contributed by atoms with Gasteiger partial charge in [-0.15, -0.1) is 0 Å². The molecule has 2 saturated heterocycles. The van der Waals surface area contributed by atoms with Crippen LogP contribution in [0.3, 0.4) is 0 Å². The van der Waals surface area contributed by atoms with Crippen molar-refractivity contribution < 1.29 is 14.0 Å². The first-order valence-electron chi connectivity index (χ1n) is 9.18. The van der Waals surface area contributed by atoms with E-state index in [1.165, 1.54) is 12.1 Å². The molecule has 0 aromatic heterocycles. The smallest absolute Gasteiger partial charge is 0.239 e. The summed E-state index contributed by atoms with van der Waals surface area (Å²) in [6, 6.07) is 6.10. The highest BCUT2D eigenvalue weighted by Gasteiger charge is 2.28. The Morgan fingerprint density at radius 1 is 1.08 bits per heavy atom. The van der Waals surface area contributed by atoms with Crippen molar-refractivity contribution in [1.82, 2.24) is 15.1 Å². The third-order valence-corrected chi connectivity index (χ3v) is 5.01. The van der Waals surface area contributed by atoms with Gasteiger partial charge in [0.15, 0.2) is 0 Å². The summed E-state index contributed by atoms with van der Waals surface area (Å²) < 4.78 is 13.3. The number of nitrogens with zero attached hydrogens (tertiary/aromatic N) is 2. The average molecular weight is 347 g/mol. The maximum atomic E-state index is 13.3. The molecule has 5 nitrogen and oxygen atoms in total. The van der Waals surface area contributed by atoms with Gasteiger partial charge in [0, 0.05) is 26.2 Å². The lowest BCUT2D eigenvalue weighted by molar-refractivity contribution is -0.135. The number of benzene rings is 1. The van der Waals surface area contributed by atoms with Crippen molar-refractivity contribution >= 4 is 11.8 Å². The fraction of sp³-hybridized carbons (Fsp3) is 0.579. The van der Waals surface area contributed by atoms with Crippen LogP contribution in [0, 0.1) is 5.82 Å². The summed E-state index contributed by atoms with van der Waals surface area (Å²) in [4.78, 5) is 28.8. The summed E-state index contributed by atoms with van der Waals surface area (Å²) in [5.41, 5.74) is 0.689. The van der Waals surface area contributed by atoms with Crippen molar-refractivity contribution in [3.05, 3.63) is 35.6 Å². The van der Waals surface area contributed by atoms with Crippen LogP contribution in [0.1, 0.15) is 31.2 Å². The number of carbonyl (C=O) groups excluding carboxylic acids is 2. The van der Waals surface area contributed by atoms with E-state index in [4.69, 9.17) is 0 Å². The number of hydrogen-bond acceptors (Lipinski definition) is 3. The van der Waals surface area contributed by atoms with E-state index in [-0.39, 0.29) is 30.1 Å². The van der Waals surface area contributed by atoms with Gasteiger partial charge in [0.05, 0.1) is 12.5 Å². The Balaban J connectivity index is 1.53. The topological polar surface area (TPSA) is 52.7 Å². The molecule has 25 heavy (non-hydrogen) atoms. The molecule has 0 radical (unpaired) electrons. The molecule has 1 aromatic rings. The Hall–Kier alpha value is -1.95. The van der Waals surface area contributed by atoms with Crippen LogP contribution in [0.15, 0.2) is 24.3 Å². The second kappa shape index (κ2) is 8.43. The van der Waals surface area contributed by atoms with E-state index in [0.717, 1.165) is 32.2 Å². The van der Waals surface area contributed by atoms with E-state index in [1.807, 2.05) is 4.90 Å². The normalized spacial score (nSPS) is 21.7. The molecule has 2 aliphatic heterocycles. The lowest BCUT2D eigenvalue weighted by Crippen LogP contribution is -2.49. The summed E-state index contributed by atoms with van der Waals surface area (Å²) in [5, 5.41) is 3.30. The van der Waals surface area contributed by atoms with Crippen LogP contribution >= 0.6 is 0 Å². The van der Waals surface area contributed by atoms with Crippen LogP contribution in [0.25, 0.3) is 0 Å². The lowest BCUT2D eigenvalue weighted by atomic mass is 10.0. The predicted octanol–water partition coefficient (Wildman–Crippen LogP) is 1.57. The van der Waals surface area contributed by atoms with Crippen molar-refractivity contribution in [1.29, 1.82) is 0 Å². The second-order valence-corrected chi connectivity index (χ2v) is 6.87. The molecule has 136 valence electrons. The van der Waals surface area contributed by atoms with Gasteiger partial charge in [-0.05, 0) is 43.5 Å². The van der Waals surface area contributed by atoms with E-state index in [0.29, 0.717) is 31.7 Å². The summed E-state index contributed by atoms with van der Waals surface area (Å²) >= 11 is 0. The van der Waals surface area contributed by atoms with Crippen LogP contribution in [-0.4, -0.2) is 60.4 Å². The first-order valence-corrected chi connectivity index (χ1v) is 9.18. The Morgan fingerprint density at radius 3 is 2.64 bits per heavy atom. The molecule has 1 unspecified atom stereocenters. The number of rotatable bonds is 3. The van der Waals surface area contributed by atoms with Gasteiger partial charge in [-0.25, -0.2) is 4.39 Å². The summed E-state index contributed by atoms with van der Waals surface area (Å²) in [5.74, 6) is -0.160. The fourth-order valence-corrected chi connectivity index (χ4v) is 3.60. The molecule has 1 atom stereocenters. The minimum absolute atomic E-state index is 0.00399. The van der Waals surface area contributed by atoms with Crippen molar-refractivity contribution in [2.45, 2.75) is 38.1 Å². The Morgan fingerprint density at radius 2 is 1.88 bits per heavy atom. The first kappa shape index (κ1) is 17.9. The molecule has 0 bridgehead atoms. The quantitative estimate of drug-likeness (QED) is 0.903. The fourth-order valence-electron chi connectivity index (χ4n) is 3.60. The number of halogens is 1. The monoisotopic (exact) mass is 347 g/mol. The van der Waals surface area contributed by atoms with E-state index < -0.39 is 0 Å². The number of hydrogen-bond donors (Lipinski definition) is 1. The zero-order valence-corrected chi connectivity index (χ0v) is 14.5. The van der Waals surface area contributed by atoms with E-state index >= 15 is 0 Å². The third-order valence-electron chi connectivity index (χ3n) is 5.01. The molecule has 2 amide bonds. The van der Waals surface area contributed by atoms with Crippen molar-refractivity contribution in [2.75, 3.05) is 32.7 Å². The van der Waals surface area contributed by atoms with Crippen molar-refractivity contribution in [3.63, 3.8) is 0 Å². The summed E-state index contributed by atoms with van der Waals surface area (Å²) in [7, 11) is 0. The molecular weight excluding hydrogens is 321 g/mol. The van der Waals surface area contributed by atoms with Gasteiger partial charge >= 0.3 is 0 Å². The molecular formula is C19H26FN3O2. The Labute approximate surface area is 148 Å². The minimum Gasteiger partial charge on any atom is -0.341 e. The van der Waals surface area contributed by atoms with Gasteiger partial charge in [0.25, 0.3) is 0 Å². The van der Waals surface area contributed by atoms with Crippen molar-refractivity contribution in [2.24, 2.45) is 0 Å². The van der Waals surface area contributed by atoms with Gasteiger partial charge in [0.1, 0.15) is 5.82 Å². The SMILES string of the molecule is O=C(Cc1cccc(F)c1)N1CCCN(C(=O)C2CCCCN2)CC1. The summed E-state index contributed by atoms with van der Waals surface area (Å²) in [6.07, 6.45) is 4.11. The van der Waals surface area contributed by atoms with Gasteiger partial charge in [0.2, 0.25) is 11.8 Å². The largest absolute Gasteiger partial charge is 0.341 e. The number of nitrogens with one attached hydrogen (secondary N) is 1. The highest BCUT2D eigenvalue weighted by molar-refractivity contribution is 5.82. The van der Waals surface area contributed by atoms with Crippen LogP contribution in [0.2, 0.25) is 0 Å². The third kappa shape index (κ3) is 4.78. The van der Waals surface area contributed by atoms with E-state index in [2.05, 4.69) is 5.32 Å². The van der Waals surface area contributed by atoms with E-state index in [1.54, 1.807) is 17.0 Å². The highest BCUT2D eigenvalue weighted by Crippen LogP contribution is 2.13. The summed E-state index contributed by atoms with van der Waals surface area (Å²) in [6.45, 7) is 3.37. The standard InChI is InChI=1S/C19H26FN3O2/c20-16-6-3-5-15(13-16)14-18(24)22-9-4-10-23(12-11-22)19(25)17-7-1-2-8-21-17/h3,5-6,13,17,21H,1-2,4,7-12,14H2. The van der Waals surface area contributed by atoms with Gasteiger partial charge < -0.3 is 15.1 Å². The highest BCUT2D eigenvalue weighted by atomic mass is 19.1. The average Bonchev–Trinajstić information content (AvgIpc) is 2.88. The molecule has 1 aromatic carbocycles. The van der Waals surface area contributed by atoms with E-state index in [9.17, 15) is 14.0 Å². The van der Waals surface area contributed by atoms with Gasteiger partial charge in [-0.1, -0.05) is 18.6 Å². The molecule has 0 saturated carbocycles. The lowest BCUT2D eigenvalue weighted by Gasteiger charge is -2.29. The predicted molar refractivity (Wildman–Crippen MR) is 93.5 cm³/mol. The van der Waals surface area contributed by atoms with Crippen molar-refractivity contribution in [3.8, 4) is 0 Å². The Kier molecular flexibility index (Phi) is 6.02. The Bertz CT molecular complexity index is 616. The molecule has 2 aliphatic rings. The molecule has 3 rings (SSSR count). The van der Waals surface area contributed by atoms with Crippen LogP contribution in [-0.2, 0) is 16.0 Å². The molecule has 0 aliphatic carbocycles. The molecule has 2 fully saturated rings. The number of piperidine rings is 1. The van der Waals surface area contributed by atoms with Crippen LogP contribution in [0.4, 0.5) is 4.39 Å². The van der Waals surface area contributed by atoms with Gasteiger partial charge in [-0.2, -0.15) is 0 Å². The van der Waals surface area contributed by atoms with Gasteiger partial charge in [-0.3, -0.25) is 9.59 Å². The maximum absolute atomic E-state index is 13.3. The number of amides is 2. The van der Waals surface area contributed by atoms with Crippen LogP contribution < -0.4 is 5.32 Å². The zero-order valence-electron chi connectivity index (χ0n) is 14.5. The molecule has 1 N–H and O–H groups in total. The number of carbonyl (C=O) groups is 2.